The molecule has 0 saturated carbocycles. The van der Waals surface area contributed by atoms with E-state index in [0.717, 1.165) is 0 Å². The van der Waals surface area contributed by atoms with Crippen LogP contribution in [0.2, 0.25) is 0 Å². The van der Waals surface area contributed by atoms with Crippen LogP contribution in [0.4, 0.5) is 0 Å². The van der Waals surface area contributed by atoms with E-state index in [4.69, 9.17) is 0 Å². The van der Waals surface area contributed by atoms with E-state index in [1.165, 1.54) is 0 Å². The molecule has 0 aromatic rings. The van der Waals surface area contributed by atoms with Gasteiger partial charge in [0.1, 0.15) is 0 Å². The minimum Gasteiger partial charge on any atom is -2.00 e. The third-order valence-corrected chi connectivity index (χ3v) is 0. The molecule has 0 heterocycles. The van der Waals surface area contributed by atoms with Crippen molar-refractivity contribution in [1.82, 2.24) is 0 Å². The van der Waals surface area contributed by atoms with Crippen molar-refractivity contribution in [2.75, 3.05) is 0 Å². The molecule has 6 nitrogen and oxygen atoms in total. The molecule has 9 heteroatoms. The minimum absolute atomic E-state index is 0. The van der Waals surface area contributed by atoms with Gasteiger partial charge in [0.2, 0.25) is 0 Å². The summed E-state index contributed by atoms with van der Waals surface area (Å²) in [7, 11) is 0. The van der Waals surface area contributed by atoms with Gasteiger partial charge in [-0.15, -0.1) is 0 Å². The molecule has 0 aliphatic carbocycles. The summed E-state index contributed by atoms with van der Waals surface area (Å²) in [6, 6.07) is 0. The first-order valence-corrected chi connectivity index (χ1v) is 0. The van der Waals surface area contributed by atoms with Crippen molar-refractivity contribution < 1.29 is 73.1 Å². The molecule has 61 valence electrons. The predicted octanol–water partition coefficient (Wildman–Crippen LogP) is -1.42. The second-order valence-corrected chi connectivity index (χ2v) is 0. The van der Waals surface area contributed by atoms with Crippen molar-refractivity contribution in [2.45, 2.75) is 0 Å². The van der Waals surface area contributed by atoms with Gasteiger partial charge in [-0.05, 0) is 0 Å². The molecule has 1 radical (unpaired) electrons. The molecule has 0 aliphatic rings. The van der Waals surface area contributed by atoms with Crippen LogP contribution < -0.4 is 0 Å². The Morgan fingerprint density at radius 3 is 0.667 bits per heavy atom. The van der Waals surface area contributed by atoms with Crippen molar-refractivity contribution >= 4 is 9.90 Å². The summed E-state index contributed by atoms with van der Waals surface area (Å²) in [5.74, 6) is 0. The average molecular weight is 232 g/mol. The molecule has 0 fully saturated rings. The van der Waals surface area contributed by atoms with Crippen molar-refractivity contribution in [1.29, 1.82) is 0 Å². The second-order valence-electron chi connectivity index (χ2n) is 0. The molecule has 3 N–H and O–H groups in total. The molecule has 0 aliphatic heterocycles. The van der Waals surface area contributed by atoms with E-state index in [1.807, 2.05) is 0 Å². The molecule has 0 rings (SSSR count). The molecule has 0 aromatic carbocycles. The molecule has 0 saturated heterocycles. The standard InChI is InChI=1S/2H2O.4O.H3P.Ti.V/h2*1H2;;;;;1H3;;/q;;4*-2;;+4;/p-1. The van der Waals surface area contributed by atoms with Crippen molar-refractivity contribution in [3.63, 3.8) is 0 Å². The summed E-state index contributed by atoms with van der Waals surface area (Å²) < 4.78 is 0. The largest absolute Gasteiger partial charge is 4.00 e. The molecule has 1 atom stereocenters. The smallest absolute Gasteiger partial charge is 2.00 e. The van der Waals surface area contributed by atoms with E-state index in [2.05, 4.69) is 0 Å². The van der Waals surface area contributed by atoms with Crippen LogP contribution >= 0.6 is 9.90 Å². The van der Waals surface area contributed by atoms with E-state index < -0.39 is 0 Å². The van der Waals surface area contributed by atoms with Crippen molar-refractivity contribution in [3.8, 4) is 0 Å². The SMILES string of the molecule is O.P.[O-2].[O-2].[O-2].[O-2].[OH-].[Ti+4].[V]. The zero-order chi connectivity index (χ0) is 0. The molecule has 0 bridgehead atoms. The summed E-state index contributed by atoms with van der Waals surface area (Å²) in [4.78, 5) is 0. The molecule has 0 spiro atoms. The predicted molar refractivity (Wildman–Crippen MR) is 19.4 cm³/mol. The van der Waals surface area contributed by atoms with Gasteiger partial charge in [0, 0.05) is 18.6 Å². The van der Waals surface area contributed by atoms with E-state index in [1.54, 1.807) is 0 Å². The van der Waals surface area contributed by atoms with Crippen LogP contribution in [0.1, 0.15) is 0 Å². The summed E-state index contributed by atoms with van der Waals surface area (Å²) in [5, 5.41) is 0. The molecule has 1 unspecified atom stereocenters. The Balaban J connectivity index is 0. The molecular formula is H6O6PTiV-5. The van der Waals surface area contributed by atoms with Gasteiger partial charge in [-0.1, -0.05) is 0 Å². The zero-order valence-corrected chi connectivity index (χ0v) is 8.61. The fraction of sp³-hybridized carbons (Fsp3) is 0. The van der Waals surface area contributed by atoms with Crippen molar-refractivity contribution in [2.24, 2.45) is 0 Å². The average Bonchev–Trinajstić information content (AvgIpc) is 0. The molecule has 0 aromatic heterocycles. The van der Waals surface area contributed by atoms with Crippen LogP contribution in [0, 0.1) is 0 Å². The van der Waals surface area contributed by atoms with Crippen molar-refractivity contribution in [3.05, 3.63) is 0 Å². The topological polar surface area (TPSA) is 176 Å². The summed E-state index contributed by atoms with van der Waals surface area (Å²) in [6.45, 7) is 0. The first-order valence-electron chi connectivity index (χ1n) is 0. The Kier molecular flexibility index (Phi) is 14600. The Morgan fingerprint density at radius 2 is 0.667 bits per heavy atom. The molecule has 9 heavy (non-hydrogen) atoms. The first-order chi connectivity index (χ1) is 0. The van der Waals surface area contributed by atoms with Gasteiger partial charge >= 0.3 is 21.7 Å². The van der Waals surface area contributed by atoms with Gasteiger partial charge in [0.15, 0.2) is 0 Å². The van der Waals surface area contributed by atoms with Crippen LogP contribution in [0.25, 0.3) is 0 Å². The van der Waals surface area contributed by atoms with E-state index in [0.29, 0.717) is 0 Å². The maximum absolute atomic E-state index is 0. The van der Waals surface area contributed by atoms with E-state index in [-0.39, 0.29) is 83.0 Å². The van der Waals surface area contributed by atoms with Gasteiger partial charge < -0.3 is 32.9 Å². The van der Waals surface area contributed by atoms with Gasteiger partial charge in [-0.25, -0.2) is 0 Å². The molecule has 0 amide bonds. The van der Waals surface area contributed by atoms with Crippen LogP contribution in [-0.4, -0.2) is 11.0 Å². The minimum atomic E-state index is 0. The van der Waals surface area contributed by atoms with Gasteiger partial charge in [0.25, 0.3) is 0 Å². The van der Waals surface area contributed by atoms with E-state index >= 15 is 0 Å². The Morgan fingerprint density at radius 1 is 0.667 bits per heavy atom. The normalized spacial score (nSPS) is 0. The number of rotatable bonds is 0. The Labute approximate surface area is 83.0 Å². The zero-order valence-electron chi connectivity index (χ0n) is 4.23. The Hall–Kier alpha value is 1.49. The Bertz CT molecular complexity index is 13.0. The fourth-order valence-corrected chi connectivity index (χ4v) is 0. The summed E-state index contributed by atoms with van der Waals surface area (Å²) >= 11 is 0. The maximum atomic E-state index is 0. The second kappa shape index (κ2) is 309. The van der Waals surface area contributed by atoms with Crippen LogP contribution in [0.3, 0.4) is 0 Å². The van der Waals surface area contributed by atoms with Gasteiger partial charge in [0.05, 0.1) is 0 Å². The monoisotopic (exact) mass is 232 g/mol. The fourth-order valence-electron chi connectivity index (χ4n) is 0. The van der Waals surface area contributed by atoms with Crippen LogP contribution in [0.5, 0.6) is 0 Å². The summed E-state index contributed by atoms with van der Waals surface area (Å²) in [5.41, 5.74) is 0. The number of hydrogen-bond acceptors (Lipinski definition) is 1. The third kappa shape index (κ3) is 240. The quantitative estimate of drug-likeness (QED) is 0.361. The van der Waals surface area contributed by atoms with Gasteiger partial charge in [-0.2, -0.15) is 9.90 Å². The summed E-state index contributed by atoms with van der Waals surface area (Å²) in [6.07, 6.45) is 0. The maximum Gasteiger partial charge on any atom is 4.00 e. The first kappa shape index (κ1) is 426. The third-order valence-electron chi connectivity index (χ3n) is 0. The molecular weight excluding hydrogens is 226 g/mol. The van der Waals surface area contributed by atoms with E-state index in [9.17, 15) is 0 Å². The van der Waals surface area contributed by atoms with Crippen LogP contribution in [0.15, 0.2) is 0 Å². The van der Waals surface area contributed by atoms with Gasteiger partial charge in [-0.3, -0.25) is 0 Å². The van der Waals surface area contributed by atoms with Crippen LogP contribution in [-0.2, 0) is 62.2 Å². The number of hydrogen-bond donors (Lipinski definition) is 0.